The molecule has 118 valence electrons. The molecule has 0 aromatic carbocycles. The molecule has 0 atom stereocenters. The molecule has 23 heavy (non-hydrogen) atoms. The van der Waals surface area contributed by atoms with Crippen molar-refractivity contribution in [3.05, 3.63) is 57.5 Å². The van der Waals surface area contributed by atoms with Gasteiger partial charge in [-0.1, -0.05) is 6.07 Å². The summed E-state index contributed by atoms with van der Waals surface area (Å²) in [5, 5.41) is 8.64. The van der Waals surface area contributed by atoms with Crippen LogP contribution in [0.2, 0.25) is 0 Å². The number of carbonyl (C=O) groups excluding carboxylic acids is 1. The Morgan fingerprint density at radius 1 is 1.22 bits per heavy atom. The normalized spacial score (nSPS) is 10.5. The summed E-state index contributed by atoms with van der Waals surface area (Å²) in [6, 6.07) is 7.67. The molecule has 0 aliphatic rings. The highest BCUT2D eigenvalue weighted by molar-refractivity contribution is 7.15. The second-order valence-corrected chi connectivity index (χ2v) is 7.00. The van der Waals surface area contributed by atoms with Crippen LogP contribution in [0.15, 0.2) is 42.0 Å². The maximum Gasteiger partial charge on any atom is 0.315 e. The van der Waals surface area contributed by atoms with Gasteiger partial charge in [-0.05, 0) is 30.5 Å². The number of nitrogens with zero attached hydrogens (tertiary/aromatic N) is 2. The van der Waals surface area contributed by atoms with Crippen molar-refractivity contribution in [2.75, 3.05) is 0 Å². The Balaban J connectivity index is 1.56. The minimum absolute atomic E-state index is 0.172. The van der Waals surface area contributed by atoms with Crippen LogP contribution in [0.4, 0.5) is 4.79 Å². The Hall–Kier alpha value is -2.25. The van der Waals surface area contributed by atoms with Gasteiger partial charge in [0, 0.05) is 27.7 Å². The van der Waals surface area contributed by atoms with Crippen molar-refractivity contribution in [2.45, 2.75) is 20.0 Å². The molecular weight excluding hydrogens is 328 g/mol. The third-order valence-corrected chi connectivity index (χ3v) is 5.30. The summed E-state index contributed by atoms with van der Waals surface area (Å²) in [5.74, 6) is 0. The van der Waals surface area contributed by atoms with Gasteiger partial charge < -0.3 is 10.6 Å². The molecule has 7 heteroatoms. The summed E-state index contributed by atoms with van der Waals surface area (Å²) in [6.07, 6.45) is 3.54. The van der Waals surface area contributed by atoms with Gasteiger partial charge in [0.15, 0.2) is 0 Å². The minimum Gasteiger partial charge on any atom is -0.333 e. The number of amides is 2. The second-order valence-electron chi connectivity index (χ2n) is 4.88. The van der Waals surface area contributed by atoms with Crippen LogP contribution in [0, 0.1) is 6.92 Å². The predicted molar refractivity (Wildman–Crippen MR) is 93.5 cm³/mol. The highest BCUT2D eigenvalue weighted by atomic mass is 32.1. The molecular formula is C16H16N4OS2. The molecule has 0 saturated carbocycles. The van der Waals surface area contributed by atoms with Gasteiger partial charge in [0.2, 0.25) is 0 Å². The van der Waals surface area contributed by atoms with E-state index in [1.165, 1.54) is 0 Å². The number of rotatable bonds is 5. The van der Waals surface area contributed by atoms with Gasteiger partial charge >= 0.3 is 6.03 Å². The molecule has 0 fully saturated rings. The largest absolute Gasteiger partial charge is 0.333 e. The van der Waals surface area contributed by atoms with E-state index in [0.717, 1.165) is 26.0 Å². The Morgan fingerprint density at radius 3 is 2.83 bits per heavy atom. The van der Waals surface area contributed by atoms with E-state index in [4.69, 9.17) is 0 Å². The van der Waals surface area contributed by atoms with Crippen LogP contribution >= 0.6 is 22.7 Å². The number of hydrogen-bond acceptors (Lipinski definition) is 5. The van der Waals surface area contributed by atoms with Crippen molar-refractivity contribution in [1.82, 2.24) is 20.6 Å². The molecule has 0 spiro atoms. The zero-order valence-electron chi connectivity index (χ0n) is 12.6. The van der Waals surface area contributed by atoms with Gasteiger partial charge in [-0.25, -0.2) is 9.78 Å². The van der Waals surface area contributed by atoms with E-state index in [9.17, 15) is 4.79 Å². The Morgan fingerprint density at radius 2 is 2.09 bits per heavy atom. The van der Waals surface area contributed by atoms with E-state index < -0.39 is 0 Å². The van der Waals surface area contributed by atoms with Crippen LogP contribution in [0.5, 0.6) is 0 Å². The topological polar surface area (TPSA) is 66.9 Å². The number of nitrogens with one attached hydrogen (secondary N) is 2. The summed E-state index contributed by atoms with van der Waals surface area (Å²) in [6.45, 7) is 2.98. The lowest BCUT2D eigenvalue weighted by atomic mass is 10.3. The van der Waals surface area contributed by atoms with E-state index in [0.29, 0.717) is 13.1 Å². The van der Waals surface area contributed by atoms with Gasteiger partial charge in [-0.3, -0.25) is 4.98 Å². The predicted octanol–water partition coefficient (Wildman–Crippen LogP) is 3.57. The van der Waals surface area contributed by atoms with E-state index in [1.54, 1.807) is 35.1 Å². The zero-order chi connectivity index (χ0) is 16.1. The molecule has 0 aliphatic carbocycles. The highest BCUT2D eigenvalue weighted by Crippen LogP contribution is 2.27. The minimum atomic E-state index is -0.172. The van der Waals surface area contributed by atoms with Crippen molar-refractivity contribution in [1.29, 1.82) is 0 Å². The van der Waals surface area contributed by atoms with Crippen LogP contribution in [0.25, 0.3) is 10.6 Å². The zero-order valence-corrected chi connectivity index (χ0v) is 14.2. The molecule has 3 aromatic rings. The number of urea groups is 1. The lowest BCUT2D eigenvalue weighted by Crippen LogP contribution is -2.34. The van der Waals surface area contributed by atoms with Crippen molar-refractivity contribution in [2.24, 2.45) is 0 Å². The fraction of sp³-hybridized carbons (Fsp3) is 0.188. The second kappa shape index (κ2) is 7.34. The first-order valence-corrected chi connectivity index (χ1v) is 8.83. The third kappa shape index (κ3) is 4.14. The molecule has 2 N–H and O–H groups in total. The van der Waals surface area contributed by atoms with Gasteiger partial charge in [0.25, 0.3) is 0 Å². The van der Waals surface area contributed by atoms with Crippen LogP contribution in [-0.4, -0.2) is 16.0 Å². The number of aryl methyl sites for hydroxylation is 1. The molecule has 0 bridgehead atoms. The standard InChI is InChI=1S/C16H16N4OS2/c1-11-14(23-15(20-11)12-4-2-6-17-8-12)10-19-16(21)18-9-13-5-3-7-22-13/h2-8H,9-10H2,1H3,(H2,18,19,21). The molecule has 0 saturated heterocycles. The average molecular weight is 344 g/mol. The SMILES string of the molecule is Cc1nc(-c2cccnc2)sc1CNC(=O)NCc1cccs1. The van der Waals surface area contributed by atoms with Gasteiger partial charge in [0.1, 0.15) is 5.01 Å². The maximum atomic E-state index is 11.9. The van der Waals surface area contributed by atoms with Crippen molar-refractivity contribution in [3.8, 4) is 10.6 Å². The van der Waals surface area contributed by atoms with Crippen LogP contribution < -0.4 is 10.6 Å². The molecule has 3 rings (SSSR count). The molecule has 0 aliphatic heterocycles. The Kier molecular flexibility index (Phi) is 4.99. The number of aromatic nitrogens is 2. The Bertz CT molecular complexity index is 769. The third-order valence-electron chi connectivity index (χ3n) is 3.21. The smallest absolute Gasteiger partial charge is 0.315 e. The summed E-state index contributed by atoms with van der Waals surface area (Å²) in [7, 11) is 0. The fourth-order valence-electron chi connectivity index (χ4n) is 2.01. The maximum absolute atomic E-state index is 11.9. The number of hydrogen-bond donors (Lipinski definition) is 2. The molecule has 0 radical (unpaired) electrons. The monoisotopic (exact) mass is 344 g/mol. The van der Waals surface area contributed by atoms with Crippen molar-refractivity contribution < 1.29 is 4.79 Å². The van der Waals surface area contributed by atoms with Crippen molar-refractivity contribution >= 4 is 28.7 Å². The van der Waals surface area contributed by atoms with Crippen LogP contribution in [-0.2, 0) is 13.1 Å². The Labute approximate surface area is 142 Å². The first-order chi connectivity index (χ1) is 11.2. The van der Waals surface area contributed by atoms with Crippen LogP contribution in [0.3, 0.4) is 0 Å². The number of carbonyl (C=O) groups is 1. The summed E-state index contributed by atoms with van der Waals surface area (Å²) in [4.78, 5) is 22.7. The van der Waals surface area contributed by atoms with Gasteiger partial charge in [0.05, 0.1) is 18.8 Å². The summed E-state index contributed by atoms with van der Waals surface area (Å²) < 4.78 is 0. The lowest BCUT2D eigenvalue weighted by Gasteiger charge is -2.05. The quantitative estimate of drug-likeness (QED) is 0.743. The molecule has 3 aromatic heterocycles. The average Bonchev–Trinajstić information content (AvgIpc) is 3.21. The van der Waals surface area contributed by atoms with Crippen molar-refractivity contribution in [3.63, 3.8) is 0 Å². The van der Waals surface area contributed by atoms with E-state index in [1.807, 2.05) is 36.6 Å². The van der Waals surface area contributed by atoms with E-state index >= 15 is 0 Å². The molecule has 3 heterocycles. The van der Waals surface area contributed by atoms with Crippen LogP contribution in [0.1, 0.15) is 15.4 Å². The number of pyridine rings is 1. The number of thiophene rings is 1. The first kappa shape index (κ1) is 15.6. The number of thiazole rings is 1. The molecule has 2 amide bonds. The highest BCUT2D eigenvalue weighted by Gasteiger charge is 2.10. The molecule has 5 nitrogen and oxygen atoms in total. The summed E-state index contributed by atoms with van der Waals surface area (Å²) in [5.41, 5.74) is 1.93. The van der Waals surface area contributed by atoms with Gasteiger partial charge in [-0.2, -0.15) is 0 Å². The summed E-state index contributed by atoms with van der Waals surface area (Å²) >= 11 is 3.21. The van der Waals surface area contributed by atoms with E-state index in [-0.39, 0.29) is 6.03 Å². The first-order valence-electron chi connectivity index (χ1n) is 7.13. The molecule has 0 unspecified atom stereocenters. The van der Waals surface area contributed by atoms with Gasteiger partial charge in [-0.15, -0.1) is 22.7 Å². The fourth-order valence-corrected chi connectivity index (χ4v) is 3.65. The van der Waals surface area contributed by atoms with E-state index in [2.05, 4.69) is 20.6 Å². The lowest BCUT2D eigenvalue weighted by molar-refractivity contribution is 0.240.